The molecule has 138 valence electrons. The van der Waals surface area contributed by atoms with E-state index in [1.165, 1.54) is 10.4 Å². The Kier molecular flexibility index (Phi) is 5.71. The van der Waals surface area contributed by atoms with E-state index in [2.05, 4.69) is 24.1 Å². The van der Waals surface area contributed by atoms with Gasteiger partial charge in [0.1, 0.15) is 5.82 Å². The van der Waals surface area contributed by atoms with Gasteiger partial charge in [-0.2, -0.15) is 0 Å². The average molecular weight is 372 g/mol. The monoisotopic (exact) mass is 371 g/mol. The van der Waals surface area contributed by atoms with Crippen LogP contribution >= 0.6 is 11.3 Å². The minimum Gasteiger partial charge on any atom is -0.337 e. The molecule has 2 aromatic heterocycles. The Morgan fingerprint density at radius 3 is 2.85 bits per heavy atom. The lowest BCUT2D eigenvalue weighted by molar-refractivity contribution is -0.121. The van der Waals surface area contributed by atoms with E-state index >= 15 is 0 Å². The quantitative estimate of drug-likeness (QED) is 0.889. The summed E-state index contributed by atoms with van der Waals surface area (Å²) in [6.07, 6.45) is 2.57. The first-order valence-corrected chi connectivity index (χ1v) is 9.92. The zero-order valence-corrected chi connectivity index (χ0v) is 16.4. The third-order valence-corrected chi connectivity index (χ3v) is 5.91. The van der Waals surface area contributed by atoms with Gasteiger partial charge in [0.05, 0.1) is 10.8 Å². The van der Waals surface area contributed by atoms with E-state index in [0.717, 1.165) is 29.8 Å². The number of aromatic nitrogens is 1. The molecule has 0 radical (unpaired) electrons. The van der Waals surface area contributed by atoms with Crippen molar-refractivity contribution in [1.82, 2.24) is 9.88 Å². The van der Waals surface area contributed by atoms with Crippen molar-refractivity contribution in [2.45, 2.75) is 40.0 Å². The number of thiophene rings is 1. The maximum absolute atomic E-state index is 12.8. The fourth-order valence-corrected chi connectivity index (χ4v) is 4.43. The lowest BCUT2D eigenvalue weighted by Gasteiger charge is -2.31. The van der Waals surface area contributed by atoms with Crippen LogP contribution in [-0.4, -0.2) is 34.8 Å². The minimum atomic E-state index is -0.193. The molecule has 1 aliphatic rings. The van der Waals surface area contributed by atoms with Crippen LogP contribution in [0.15, 0.2) is 24.3 Å². The molecule has 1 atom stereocenters. The van der Waals surface area contributed by atoms with Gasteiger partial charge in [0.25, 0.3) is 5.91 Å². The molecular formula is C20H25N3O2S. The molecule has 0 spiro atoms. The van der Waals surface area contributed by atoms with Gasteiger partial charge >= 0.3 is 0 Å². The van der Waals surface area contributed by atoms with E-state index in [0.29, 0.717) is 18.9 Å². The smallest absolute Gasteiger partial charge is 0.263 e. The van der Waals surface area contributed by atoms with Crippen molar-refractivity contribution >= 4 is 29.0 Å². The summed E-state index contributed by atoms with van der Waals surface area (Å²) in [5.41, 5.74) is 2.10. The molecule has 1 saturated heterocycles. The second-order valence-electron chi connectivity index (χ2n) is 6.79. The molecule has 26 heavy (non-hydrogen) atoms. The molecule has 3 heterocycles. The molecule has 1 N–H and O–H groups in total. The van der Waals surface area contributed by atoms with Crippen molar-refractivity contribution in [3.8, 4) is 0 Å². The van der Waals surface area contributed by atoms with Crippen LogP contribution < -0.4 is 5.32 Å². The zero-order valence-electron chi connectivity index (χ0n) is 15.5. The predicted molar refractivity (Wildman–Crippen MR) is 105 cm³/mol. The van der Waals surface area contributed by atoms with Crippen molar-refractivity contribution in [1.29, 1.82) is 0 Å². The van der Waals surface area contributed by atoms with Crippen LogP contribution in [0.3, 0.4) is 0 Å². The van der Waals surface area contributed by atoms with Crippen molar-refractivity contribution < 1.29 is 9.59 Å². The van der Waals surface area contributed by atoms with Crippen molar-refractivity contribution in [3.05, 3.63) is 45.3 Å². The Bertz CT molecular complexity index is 815. The third-order valence-electron chi connectivity index (χ3n) is 4.83. The van der Waals surface area contributed by atoms with Gasteiger partial charge in [0, 0.05) is 23.7 Å². The standard InChI is InChI=1S/C20H25N3O2S/c1-4-15-11-17(26-14(15)3)20(25)23-10-6-8-16(12-23)19(24)22-18-9-5-7-13(2)21-18/h5,7,9,11,16H,4,6,8,10,12H2,1-3H3,(H,21,22,24). The average Bonchev–Trinajstić information content (AvgIpc) is 3.02. The first kappa shape index (κ1) is 18.6. The predicted octanol–water partition coefficient (Wildman–Crippen LogP) is 3.81. The van der Waals surface area contributed by atoms with E-state index in [1.807, 2.05) is 30.0 Å². The van der Waals surface area contributed by atoms with Gasteiger partial charge in [0.15, 0.2) is 0 Å². The molecule has 1 aliphatic heterocycles. The second-order valence-corrected chi connectivity index (χ2v) is 8.05. The largest absolute Gasteiger partial charge is 0.337 e. The van der Waals surface area contributed by atoms with E-state index in [-0.39, 0.29) is 17.7 Å². The molecule has 5 nitrogen and oxygen atoms in total. The molecule has 0 saturated carbocycles. The molecule has 3 rings (SSSR count). The maximum atomic E-state index is 12.8. The van der Waals surface area contributed by atoms with Crippen LogP contribution in [0.25, 0.3) is 0 Å². The van der Waals surface area contributed by atoms with Gasteiger partial charge in [-0.1, -0.05) is 13.0 Å². The summed E-state index contributed by atoms with van der Waals surface area (Å²) in [4.78, 5) is 33.6. The summed E-state index contributed by atoms with van der Waals surface area (Å²) in [6, 6.07) is 7.56. The number of likely N-dealkylation sites (tertiary alicyclic amines) is 1. The van der Waals surface area contributed by atoms with Gasteiger partial charge in [-0.15, -0.1) is 11.3 Å². The zero-order chi connectivity index (χ0) is 18.7. The summed E-state index contributed by atoms with van der Waals surface area (Å²) in [6.45, 7) is 7.23. The van der Waals surface area contributed by atoms with Crippen LogP contribution in [0.2, 0.25) is 0 Å². The first-order valence-electron chi connectivity index (χ1n) is 9.11. The normalized spacial score (nSPS) is 17.2. The number of nitrogens with one attached hydrogen (secondary N) is 1. The van der Waals surface area contributed by atoms with Crippen LogP contribution in [0.5, 0.6) is 0 Å². The number of hydrogen-bond acceptors (Lipinski definition) is 4. The molecule has 0 aromatic carbocycles. The molecule has 1 fully saturated rings. The number of hydrogen-bond donors (Lipinski definition) is 1. The number of carbonyl (C=O) groups is 2. The van der Waals surface area contributed by atoms with Gasteiger partial charge in [-0.25, -0.2) is 4.98 Å². The Labute approximate surface area is 158 Å². The van der Waals surface area contributed by atoms with Crippen molar-refractivity contribution in [3.63, 3.8) is 0 Å². The highest BCUT2D eigenvalue weighted by Crippen LogP contribution is 2.26. The van der Waals surface area contributed by atoms with E-state index in [9.17, 15) is 9.59 Å². The summed E-state index contributed by atoms with van der Waals surface area (Å²) < 4.78 is 0. The topological polar surface area (TPSA) is 62.3 Å². The first-order chi connectivity index (χ1) is 12.5. The van der Waals surface area contributed by atoms with E-state index < -0.39 is 0 Å². The molecule has 6 heteroatoms. The van der Waals surface area contributed by atoms with Crippen molar-refractivity contribution in [2.24, 2.45) is 5.92 Å². The maximum Gasteiger partial charge on any atom is 0.263 e. The second kappa shape index (κ2) is 7.99. The Morgan fingerprint density at radius 1 is 1.35 bits per heavy atom. The van der Waals surface area contributed by atoms with Crippen molar-refractivity contribution in [2.75, 3.05) is 18.4 Å². The summed E-state index contributed by atoms with van der Waals surface area (Å²) in [5, 5.41) is 2.89. The van der Waals surface area contributed by atoms with Gasteiger partial charge < -0.3 is 10.2 Å². The summed E-state index contributed by atoms with van der Waals surface area (Å²) in [5.74, 6) is 0.364. The number of pyridine rings is 1. The summed E-state index contributed by atoms with van der Waals surface area (Å²) >= 11 is 1.55. The number of carbonyl (C=O) groups excluding carboxylic acids is 2. The minimum absolute atomic E-state index is 0.0454. The van der Waals surface area contributed by atoms with Crippen LogP contribution in [0.4, 0.5) is 5.82 Å². The van der Waals surface area contributed by atoms with Gasteiger partial charge in [0.2, 0.25) is 5.91 Å². The van der Waals surface area contributed by atoms with Crippen LogP contribution in [-0.2, 0) is 11.2 Å². The number of nitrogens with zero attached hydrogens (tertiary/aromatic N) is 2. The number of anilines is 1. The lowest BCUT2D eigenvalue weighted by Crippen LogP contribution is -2.43. The Morgan fingerprint density at radius 2 is 2.15 bits per heavy atom. The number of aryl methyl sites for hydroxylation is 3. The Hall–Kier alpha value is -2.21. The Balaban J connectivity index is 1.66. The van der Waals surface area contributed by atoms with Gasteiger partial charge in [-0.05, 0) is 56.9 Å². The van der Waals surface area contributed by atoms with Gasteiger partial charge in [-0.3, -0.25) is 9.59 Å². The van der Waals surface area contributed by atoms with E-state index in [4.69, 9.17) is 0 Å². The molecule has 0 aliphatic carbocycles. The highest BCUT2D eigenvalue weighted by atomic mass is 32.1. The lowest BCUT2D eigenvalue weighted by atomic mass is 9.97. The van der Waals surface area contributed by atoms with E-state index in [1.54, 1.807) is 17.4 Å². The van der Waals surface area contributed by atoms with Crippen LogP contribution in [0.1, 0.15) is 45.6 Å². The number of rotatable bonds is 4. The fourth-order valence-electron chi connectivity index (χ4n) is 3.35. The van der Waals surface area contributed by atoms with Crippen LogP contribution in [0, 0.1) is 19.8 Å². The highest BCUT2D eigenvalue weighted by molar-refractivity contribution is 7.14. The molecule has 0 bridgehead atoms. The SMILES string of the molecule is CCc1cc(C(=O)N2CCCC(C(=O)Nc3cccc(C)n3)C2)sc1C. The number of piperidine rings is 1. The number of amides is 2. The molecule has 1 unspecified atom stereocenters. The molecule has 2 aromatic rings. The summed E-state index contributed by atoms with van der Waals surface area (Å²) in [7, 11) is 0. The fraction of sp³-hybridized carbons (Fsp3) is 0.450. The highest BCUT2D eigenvalue weighted by Gasteiger charge is 2.30. The third kappa shape index (κ3) is 4.12. The molecule has 2 amide bonds. The molecular weight excluding hydrogens is 346 g/mol.